The highest BCUT2D eigenvalue weighted by Gasteiger charge is 2.05. The van der Waals surface area contributed by atoms with Crippen LogP contribution in [-0.2, 0) is 6.42 Å². The molecule has 2 rings (SSSR count). The second kappa shape index (κ2) is 11.3. The average molecular weight is 443 g/mol. The molecule has 5 nitrogen and oxygen atoms in total. The SMILES string of the molecule is CCNC(=NCC(CC)CC)NCCc1nc2ccccc2[nH]1.I. The quantitative estimate of drug-likeness (QED) is 0.331. The number of imidazole rings is 1. The van der Waals surface area contributed by atoms with Gasteiger partial charge in [-0.15, -0.1) is 24.0 Å². The van der Waals surface area contributed by atoms with Gasteiger partial charge in [0.1, 0.15) is 5.82 Å². The van der Waals surface area contributed by atoms with Gasteiger partial charge in [-0.25, -0.2) is 4.98 Å². The van der Waals surface area contributed by atoms with E-state index in [9.17, 15) is 0 Å². The summed E-state index contributed by atoms with van der Waals surface area (Å²) in [6, 6.07) is 8.12. The molecule has 3 N–H and O–H groups in total. The minimum absolute atomic E-state index is 0. The van der Waals surface area contributed by atoms with Gasteiger partial charge in [0.05, 0.1) is 11.0 Å². The molecule has 0 amide bonds. The molecule has 0 unspecified atom stereocenters. The number of fused-ring (bicyclic) bond motifs is 1. The minimum atomic E-state index is 0. The number of H-pyrrole nitrogens is 1. The Morgan fingerprint density at radius 1 is 1.17 bits per heavy atom. The van der Waals surface area contributed by atoms with Crippen molar-refractivity contribution in [2.45, 2.75) is 40.0 Å². The Labute approximate surface area is 162 Å². The summed E-state index contributed by atoms with van der Waals surface area (Å²) in [5, 5.41) is 6.70. The van der Waals surface area contributed by atoms with Gasteiger partial charge in [-0.2, -0.15) is 0 Å². The fourth-order valence-electron chi connectivity index (χ4n) is 2.53. The maximum Gasteiger partial charge on any atom is 0.191 e. The molecule has 0 aliphatic heterocycles. The van der Waals surface area contributed by atoms with Crippen LogP contribution in [-0.4, -0.2) is 35.6 Å². The molecular weight excluding hydrogens is 413 g/mol. The molecule has 2 aromatic rings. The van der Waals surface area contributed by atoms with Crippen molar-refractivity contribution in [3.05, 3.63) is 30.1 Å². The Morgan fingerprint density at radius 2 is 1.92 bits per heavy atom. The van der Waals surface area contributed by atoms with Crippen LogP contribution in [0.3, 0.4) is 0 Å². The lowest BCUT2D eigenvalue weighted by Gasteiger charge is -2.13. The number of aromatic amines is 1. The van der Waals surface area contributed by atoms with Gasteiger partial charge in [0.15, 0.2) is 5.96 Å². The molecule has 0 aliphatic rings. The van der Waals surface area contributed by atoms with E-state index in [1.165, 1.54) is 12.8 Å². The molecule has 134 valence electrons. The highest BCUT2D eigenvalue weighted by atomic mass is 127. The molecule has 0 atom stereocenters. The Bertz CT molecular complexity index is 586. The lowest BCUT2D eigenvalue weighted by atomic mass is 10.0. The Morgan fingerprint density at radius 3 is 2.58 bits per heavy atom. The normalized spacial score (nSPS) is 11.6. The first-order chi connectivity index (χ1) is 11.3. The number of rotatable bonds is 8. The summed E-state index contributed by atoms with van der Waals surface area (Å²) >= 11 is 0. The van der Waals surface area contributed by atoms with E-state index in [2.05, 4.69) is 47.4 Å². The lowest BCUT2D eigenvalue weighted by molar-refractivity contribution is 0.504. The van der Waals surface area contributed by atoms with E-state index in [-0.39, 0.29) is 24.0 Å². The van der Waals surface area contributed by atoms with Gasteiger partial charge in [0, 0.05) is 26.1 Å². The van der Waals surface area contributed by atoms with E-state index >= 15 is 0 Å². The van der Waals surface area contributed by atoms with Gasteiger partial charge in [0.25, 0.3) is 0 Å². The molecule has 1 aromatic carbocycles. The number of hydrogen-bond donors (Lipinski definition) is 3. The van der Waals surface area contributed by atoms with Crippen molar-refractivity contribution in [1.29, 1.82) is 0 Å². The van der Waals surface area contributed by atoms with Crippen LogP contribution in [0.25, 0.3) is 11.0 Å². The highest BCUT2D eigenvalue weighted by molar-refractivity contribution is 14.0. The number of guanidine groups is 1. The number of halogens is 1. The van der Waals surface area contributed by atoms with Crippen molar-refractivity contribution >= 4 is 41.0 Å². The predicted octanol–water partition coefficient (Wildman–Crippen LogP) is 3.71. The molecule has 0 aliphatic carbocycles. The summed E-state index contributed by atoms with van der Waals surface area (Å²) < 4.78 is 0. The summed E-state index contributed by atoms with van der Waals surface area (Å²) in [5.74, 6) is 2.57. The standard InChI is InChI=1S/C18H29N5.HI/c1-4-14(5-2)13-21-18(19-6-3)20-12-11-17-22-15-9-7-8-10-16(15)23-17;/h7-10,14H,4-6,11-13H2,1-3H3,(H,22,23)(H2,19,20,21);1H. The highest BCUT2D eigenvalue weighted by Crippen LogP contribution is 2.10. The van der Waals surface area contributed by atoms with Gasteiger partial charge < -0.3 is 15.6 Å². The Hall–Kier alpha value is -1.31. The monoisotopic (exact) mass is 443 g/mol. The number of aliphatic imine (C=N–C) groups is 1. The first-order valence-electron chi connectivity index (χ1n) is 8.72. The minimum Gasteiger partial charge on any atom is -0.357 e. The molecule has 1 aromatic heterocycles. The summed E-state index contributed by atoms with van der Waals surface area (Å²) in [4.78, 5) is 12.7. The number of nitrogens with zero attached hydrogens (tertiary/aromatic N) is 2. The molecule has 0 saturated heterocycles. The van der Waals surface area contributed by atoms with E-state index in [1.807, 2.05) is 18.2 Å². The zero-order valence-corrected chi connectivity index (χ0v) is 17.3. The van der Waals surface area contributed by atoms with Crippen LogP contribution in [0.5, 0.6) is 0 Å². The zero-order chi connectivity index (χ0) is 16.5. The third-order valence-electron chi connectivity index (χ3n) is 4.10. The fraction of sp³-hybridized carbons (Fsp3) is 0.556. The van der Waals surface area contributed by atoms with E-state index in [4.69, 9.17) is 4.99 Å². The fourth-order valence-corrected chi connectivity index (χ4v) is 2.53. The van der Waals surface area contributed by atoms with E-state index in [0.29, 0.717) is 5.92 Å². The number of benzene rings is 1. The van der Waals surface area contributed by atoms with Crippen molar-refractivity contribution < 1.29 is 0 Å². The number of nitrogens with one attached hydrogen (secondary N) is 3. The molecule has 6 heteroatoms. The number of aromatic nitrogens is 2. The average Bonchev–Trinajstić information content (AvgIpc) is 2.98. The van der Waals surface area contributed by atoms with Crippen LogP contribution in [0, 0.1) is 5.92 Å². The molecular formula is C18H30IN5. The van der Waals surface area contributed by atoms with Gasteiger partial charge in [-0.05, 0) is 25.0 Å². The van der Waals surface area contributed by atoms with Crippen LogP contribution in [0.1, 0.15) is 39.4 Å². The van der Waals surface area contributed by atoms with E-state index in [0.717, 1.165) is 48.9 Å². The molecule has 1 heterocycles. The first kappa shape index (κ1) is 20.7. The van der Waals surface area contributed by atoms with Crippen molar-refractivity contribution in [3.63, 3.8) is 0 Å². The third-order valence-corrected chi connectivity index (χ3v) is 4.10. The van der Waals surface area contributed by atoms with Crippen molar-refractivity contribution in [1.82, 2.24) is 20.6 Å². The maximum atomic E-state index is 4.69. The number of para-hydroxylation sites is 2. The second-order valence-corrected chi connectivity index (χ2v) is 5.78. The molecule has 0 saturated carbocycles. The van der Waals surface area contributed by atoms with E-state index in [1.54, 1.807) is 0 Å². The predicted molar refractivity (Wildman–Crippen MR) is 113 cm³/mol. The molecule has 0 fully saturated rings. The van der Waals surface area contributed by atoms with Gasteiger partial charge in [-0.1, -0.05) is 38.8 Å². The summed E-state index contributed by atoms with van der Waals surface area (Å²) in [5.41, 5.74) is 2.12. The van der Waals surface area contributed by atoms with Crippen molar-refractivity contribution in [2.24, 2.45) is 10.9 Å². The largest absolute Gasteiger partial charge is 0.357 e. The topological polar surface area (TPSA) is 65.1 Å². The van der Waals surface area contributed by atoms with Gasteiger partial charge in [-0.3, -0.25) is 4.99 Å². The van der Waals surface area contributed by atoms with Crippen LogP contribution >= 0.6 is 24.0 Å². The molecule has 0 radical (unpaired) electrons. The van der Waals surface area contributed by atoms with Crippen LogP contribution in [0.4, 0.5) is 0 Å². The summed E-state index contributed by atoms with van der Waals surface area (Å²) in [7, 11) is 0. The van der Waals surface area contributed by atoms with Crippen LogP contribution in [0.15, 0.2) is 29.3 Å². The van der Waals surface area contributed by atoms with Gasteiger partial charge in [0.2, 0.25) is 0 Å². The van der Waals surface area contributed by atoms with Crippen LogP contribution < -0.4 is 10.6 Å². The van der Waals surface area contributed by atoms with Gasteiger partial charge >= 0.3 is 0 Å². The molecule has 0 bridgehead atoms. The molecule has 0 spiro atoms. The van der Waals surface area contributed by atoms with E-state index < -0.39 is 0 Å². The van der Waals surface area contributed by atoms with Crippen LogP contribution in [0.2, 0.25) is 0 Å². The third kappa shape index (κ3) is 6.30. The Kier molecular flexibility index (Phi) is 9.75. The maximum absolute atomic E-state index is 4.69. The number of hydrogen-bond acceptors (Lipinski definition) is 2. The van der Waals surface area contributed by atoms with Crippen molar-refractivity contribution in [3.8, 4) is 0 Å². The first-order valence-corrected chi connectivity index (χ1v) is 8.72. The summed E-state index contributed by atoms with van der Waals surface area (Å²) in [6.45, 7) is 9.12. The smallest absolute Gasteiger partial charge is 0.191 e. The second-order valence-electron chi connectivity index (χ2n) is 5.78. The van der Waals surface area contributed by atoms with Crippen molar-refractivity contribution in [2.75, 3.05) is 19.6 Å². The Balaban J connectivity index is 0.00000288. The lowest BCUT2D eigenvalue weighted by Crippen LogP contribution is -2.38. The summed E-state index contributed by atoms with van der Waals surface area (Å²) in [6.07, 6.45) is 3.21. The molecule has 24 heavy (non-hydrogen) atoms. The zero-order valence-electron chi connectivity index (χ0n) is 14.9.